The maximum absolute atomic E-state index is 12.9. The van der Waals surface area contributed by atoms with Crippen LogP contribution in [0.1, 0.15) is 61.4 Å². The summed E-state index contributed by atoms with van der Waals surface area (Å²) in [6.07, 6.45) is 5.82. The molecule has 1 spiro atoms. The number of piperidine rings is 1. The van der Waals surface area contributed by atoms with E-state index in [9.17, 15) is 9.90 Å². The predicted molar refractivity (Wildman–Crippen MR) is 98.5 cm³/mol. The molecule has 0 aromatic heterocycles. The van der Waals surface area contributed by atoms with Gasteiger partial charge in [-0.05, 0) is 62.3 Å². The number of hydrogen-bond donors (Lipinski definition) is 1. The first-order chi connectivity index (χ1) is 12.6. The Hall–Kier alpha value is -1.59. The first-order valence-electron chi connectivity index (χ1n) is 9.99. The maximum atomic E-state index is 12.9. The number of aliphatic hydroxyl groups is 1. The van der Waals surface area contributed by atoms with Gasteiger partial charge in [-0.25, -0.2) is 0 Å². The van der Waals surface area contributed by atoms with E-state index in [2.05, 4.69) is 6.92 Å². The zero-order chi connectivity index (χ0) is 18.1. The van der Waals surface area contributed by atoms with Crippen LogP contribution in [0.4, 0.5) is 0 Å². The lowest BCUT2D eigenvalue weighted by molar-refractivity contribution is -0.179. The van der Waals surface area contributed by atoms with Crippen LogP contribution in [0.5, 0.6) is 5.75 Å². The van der Waals surface area contributed by atoms with Crippen LogP contribution in [-0.2, 0) is 11.2 Å². The van der Waals surface area contributed by atoms with E-state index in [0.29, 0.717) is 19.5 Å². The fourth-order valence-electron chi connectivity index (χ4n) is 4.63. The molecule has 1 N–H and O–H groups in total. The van der Waals surface area contributed by atoms with Crippen molar-refractivity contribution < 1.29 is 19.4 Å². The molecular weight excluding hydrogens is 330 g/mol. The smallest absolute Gasteiger partial charge is 0.253 e. The van der Waals surface area contributed by atoms with Gasteiger partial charge in [-0.2, -0.15) is 0 Å². The predicted octanol–water partition coefficient (Wildman–Crippen LogP) is 2.94. The lowest BCUT2D eigenvalue weighted by Gasteiger charge is -2.47. The molecule has 1 aromatic rings. The molecule has 0 aliphatic carbocycles. The van der Waals surface area contributed by atoms with Gasteiger partial charge in [0, 0.05) is 25.1 Å². The summed E-state index contributed by atoms with van der Waals surface area (Å²) in [6, 6.07) is 5.81. The van der Waals surface area contributed by atoms with Crippen LogP contribution in [0.2, 0.25) is 0 Å². The number of aryl methyl sites for hydroxylation is 1. The van der Waals surface area contributed by atoms with Crippen LogP contribution in [0.15, 0.2) is 18.2 Å². The molecule has 0 unspecified atom stereocenters. The van der Waals surface area contributed by atoms with E-state index in [-0.39, 0.29) is 23.7 Å². The molecule has 3 heterocycles. The number of aliphatic hydroxyl groups excluding tert-OH is 1. The third-order valence-corrected chi connectivity index (χ3v) is 6.13. The second kappa shape index (κ2) is 7.20. The number of hydrogen-bond acceptors (Lipinski definition) is 4. The Bertz CT molecular complexity index is 666. The molecule has 5 nitrogen and oxygen atoms in total. The largest absolute Gasteiger partial charge is 0.493 e. The lowest BCUT2D eigenvalue weighted by Crippen LogP contribution is -2.53. The summed E-state index contributed by atoms with van der Waals surface area (Å²) < 4.78 is 12.0. The topological polar surface area (TPSA) is 59.0 Å². The molecule has 0 saturated carbocycles. The minimum absolute atomic E-state index is 0.0941. The van der Waals surface area contributed by atoms with Gasteiger partial charge in [0.05, 0.1) is 24.4 Å². The van der Waals surface area contributed by atoms with E-state index < -0.39 is 0 Å². The summed E-state index contributed by atoms with van der Waals surface area (Å²) >= 11 is 0. The van der Waals surface area contributed by atoms with Crippen LogP contribution in [0.3, 0.4) is 0 Å². The summed E-state index contributed by atoms with van der Waals surface area (Å²) in [7, 11) is 0. The van der Waals surface area contributed by atoms with Crippen LogP contribution in [0, 0.1) is 0 Å². The summed E-state index contributed by atoms with van der Waals surface area (Å²) in [5, 5.41) is 10.2. The molecular formula is C21H29NO4. The van der Waals surface area contributed by atoms with Crippen molar-refractivity contribution >= 4 is 5.91 Å². The molecule has 3 aliphatic heterocycles. The number of amides is 1. The Balaban J connectivity index is 1.42. The van der Waals surface area contributed by atoms with Gasteiger partial charge in [-0.3, -0.25) is 4.79 Å². The quantitative estimate of drug-likeness (QED) is 0.882. The van der Waals surface area contributed by atoms with Crippen molar-refractivity contribution in [2.24, 2.45) is 0 Å². The minimum atomic E-state index is -0.281. The molecule has 142 valence electrons. The average molecular weight is 359 g/mol. The van der Waals surface area contributed by atoms with Gasteiger partial charge in [-0.15, -0.1) is 0 Å². The fraction of sp³-hybridized carbons (Fsp3) is 0.667. The van der Waals surface area contributed by atoms with E-state index >= 15 is 0 Å². The molecule has 2 atom stereocenters. The van der Waals surface area contributed by atoms with E-state index in [1.807, 2.05) is 23.1 Å². The Morgan fingerprint density at radius 2 is 2.15 bits per heavy atom. The summed E-state index contributed by atoms with van der Waals surface area (Å²) in [6.45, 7) is 4.25. The molecule has 3 aliphatic rings. The first-order valence-corrected chi connectivity index (χ1v) is 9.99. The van der Waals surface area contributed by atoms with Gasteiger partial charge in [0.15, 0.2) is 0 Å². The van der Waals surface area contributed by atoms with Crippen LogP contribution < -0.4 is 4.74 Å². The van der Waals surface area contributed by atoms with Gasteiger partial charge >= 0.3 is 0 Å². The zero-order valence-electron chi connectivity index (χ0n) is 15.6. The third kappa shape index (κ3) is 3.47. The Kier molecular flexibility index (Phi) is 4.93. The second-order valence-corrected chi connectivity index (χ2v) is 7.99. The van der Waals surface area contributed by atoms with Crippen molar-refractivity contribution in [1.29, 1.82) is 0 Å². The standard InChI is InChI=1S/C21H29NO4/c1-2-18-13-17(23)14-21(26-18)7-9-22(10-8-21)20(24)16-5-6-19-15(12-16)4-3-11-25-19/h5-6,12,17-18,23H,2-4,7-11,13-14H2,1H3/t17-,18+/m1/s1. The maximum Gasteiger partial charge on any atom is 0.253 e. The summed E-state index contributed by atoms with van der Waals surface area (Å²) in [4.78, 5) is 14.9. The molecule has 0 radical (unpaired) electrons. The van der Waals surface area contributed by atoms with Gasteiger partial charge in [0.25, 0.3) is 5.91 Å². The second-order valence-electron chi connectivity index (χ2n) is 7.99. The van der Waals surface area contributed by atoms with E-state index in [1.165, 1.54) is 0 Å². The van der Waals surface area contributed by atoms with Crippen molar-refractivity contribution in [3.8, 4) is 5.75 Å². The van der Waals surface area contributed by atoms with Crippen LogP contribution >= 0.6 is 0 Å². The number of carbonyl (C=O) groups is 1. The van der Waals surface area contributed by atoms with Gasteiger partial charge < -0.3 is 19.5 Å². The molecule has 4 rings (SSSR count). The zero-order valence-corrected chi connectivity index (χ0v) is 15.6. The van der Waals surface area contributed by atoms with Crippen molar-refractivity contribution in [3.63, 3.8) is 0 Å². The van der Waals surface area contributed by atoms with Gasteiger partial charge in [0.2, 0.25) is 0 Å². The van der Waals surface area contributed by atoms with E-state index in [0.717, 1.165) is 62.0 Å². The van der Waals surface area contributed by atoms with Gasteiger partial charge in [0.1, 0.15) is 5.75 Å². The number of likely N-dealkylation sites (tertiary alicyclic amines) is 1. The third-order valence-electron chi connectivity index (χ3n) is 6.13. The Morgan fingerprint density at radius 3 is 2.92 bits per heavy atom. The molecule has 0 bridgehead atoms. The Morgan fingerprint density at radius 1 is 1.35 bits per heavy atom. The van der Waals surface area contributed by atoms with Crippen molar-refractivity contribution in [1.82, 2.24) is 4.90 Å². The number of benzene rings is 1. The van der Waals surface area contributed by atoms with Crippen LogP contribution in [-0.4, -0.2) is 53.4 Å². The molecule has 2 saturated heterocycles. The molecule has 26 heavy (non-hydrogen) atoms. The number of rotatable bonds is 2. The lowest BCUT2D eigenvalue weighted by atomic mass is 9.81. The van der Waals surface area contributed by atoms with E-state index in [1.54, 1.807) is 0 Å². The highest BCUT2D eigenvalue weighted by atomic mass is 16.5. The number of carbonyl (C=O) groups excluding carboxylic acids is 1. The number of ether oxygens (including phenoxy) is 2. The normalized spacial score (nSPS) is 27.7. The summed E-state index contributed by atoms with van der Waals surface area (Å²) in [5.74, 6) is 1.01. The monoisotopic (exact) mass is 359 g/mol. The number of fused-ring (bicyclic) bond motifs is 1. The highest BCUT2D eigenvalue weighted by Gasteiger charge is 2.43. The molecule has 2 fully saturated rings. The Labute approximate surface area is 155 Å². The van der Waals surface area contributed by atoms with Crippen LogP contribution in [0.25, 0.3) is 0 Å². The average Bonchev–Trinajstić information content (AvgIpc) is 2.67. The number of nitrogens with zero attached hydrogens (tertiary/aromatic N) is 1. The van der Waals surface area contributed by atoms with Crippen molar-refractivity contribution in [2.75, 3.05) is 19.7 Å². The fourth-order valence-corrected chi connectivity index (χ4v) is 4.63. The SMILES string of the molecule is CC[C@H]1C[C@@H](O)CC2(CCN(C(=O)c3ccc4c(c3)CCCO4)CC2)O1. The van der Waals surface area contributed by atoms with Crippen molar-refractivity contribution in [2.45, 2.75) is 69.7 Å². The molecule has 1 aromatic carbocycles. The molecule has 1 amide bonds. The summed E-state index contributed by atoms with van der Waals surface area (Å²) in [5.41, 5.74) is 1.64. The highest BCUT2D eigenvalue weighted by Crippen LogP contribution is 2.38. The molecule has 5 heteroatoms. The van der Waals surface area contributed by atoms with E-state index in [4.69, 9.17) is 9.47 Å². The highest BCUT2D eigenvalue weighted by molar-refractivity contribution is 5.94. The minimum Gasteiger partial charge on any atom is -0.493 e. The van der Waals surface area contributed by atoms with Gasteiger partial charge in [-0.1, -0.05) is 6.92 Å². The first kappa shape index (κ1) is 17.8. The van der Waals surface area contributed by atoms with Crippen molar-refractivity contribution in [3.05, 3.63) is 29.3 Å².